The predicted molar refractivity (Wildman–Crippen MR) is 61.6 cm³/mol. The van der Waals surface area contributed by atoms with Crippen LogP contribution in [0.4, 0.5) is 0 Å². The molecule has 0 radical (unpaired) electrons. The molecule has 0 saturated carbocycles. The number of carbonyl (C=O) groups excluding carboxylic acids is 1. The fourth-order valence-corrected chi connectivity index (χ4v) is 1.56. The Hall–Kier alpha value is -0.830. The second-order valence-corrected chi connectivity index (χ2v) is 4.42. The van der Waals surface area contributed by atoms with Gasteiger partial charge in [-0.3, -0.25) is 4.79 Å². The van der Waals surface area contributed by atoms with Crippen molar-refractivity contribution in [1.82, 2.24) is 4.90 Å². The van der Waals surface area contributed by atoms with Gasteiger partial charge in [0.25, 0.3) is 5.91 Å². The molecule has 0 N–H and O–H groups in total. The summed E-state index contributed by atoms with van der Waals surface area (Å²) in [5, 5.41) is 0. The molecule has 0 spiro atoms. The van der Waals surface area contributed by atoms with Crippen molar-refractivity contribution in [3.63, 3.8) is 0 Å². The summed E-state index contributed by atoms with van der Waals surface area (Å²) in [7, 11) is 3.52. The molecule has 0 bridgehead atoms. The van der Waals surface area contributed by atoms with Gasteiger partial charge >= 0.3 is 0 Å². The van der Waals surface area contributed by atoms with Crippen LogP contribution in [0.1, 0.15) is 21.5 Å². The molecule has 1 aromatic carbocycles. The number of nitrogens with zero attached hydrogens (tertiary/aromatic N) is 1. The topological polar surface area (TPSA) is 20.3 Å². The number of aryl methyl sites for hydroxylation is 2. The Morgan fingerprint density at radius 3 is 2.00 bits per heavy atom. The normalized spacial score (nSPS) is 10.1. The summed E-state index contributed by atoms with van der Waals surface area (Å²) < 4.78 is 1.08. The van der Waals surface area contributed by atoms with E-state index in [0.29, 0.717) is 0 Å². The van der Waals surface area contributed by atoms with Crippen molar-refractivity contribution < 1.29 is 4.79 Å². The van der Waals surface area contributed by atoms with Gasteiger partial charge in [-0.05, 0) is 37.1 Å². The molecule has 0 aliphatic carbocycles. The van der Waals surface area contributed by atoms with Gasteiger partial charge in [0.15, 0.2) is 0 Å². The molecule has 76 valence electrons. The highest BCUT2D eigenvalue weighted by atomic mass is 79.9. The van der Waals surface area contributed by atoms with E-state index in [4.69, 9.17) is 0 Å². The van der Waals surface area contributed by atoms with Gasteiger partial charge in [-0.25, -0.2) is 0 Å². The predicted octanol–water partition coefficient (Wildman–Crippen LogP) is 2.77. The molecule has 14 heavy (non-hydrogen) atoms. The van der Waals surface area contributed by atoms with Gasteiger partial charge in [0, 0.05) is 24.1 Å². The number of hydrogen-bond donors (Lipinski definition) is 0. The van der Waals surface area contributed by atoms with Crippen LogP contribution in [0.5, 0.6) is 0 Å². The maximum absolute atomic E-state index is 11.7. The van der Waals surface area contributed by atoms with E-state index in [9.17, 15) is 4.79 Å². The summed E-state index contributed by atoms with van der Waals surface area (Å²) in [6.45, 7) is 3.98. The maximum Gasteiger partial charge on any atom is 0.253 e. The minimum atomic E-state index is 0.0451. The molecule has 0 aliphatic heterocycles. The fraction of sp³-hybridized carbons (Fsp3) is 0.364. The maximum atomic E-state index is 11.7. The lowest BCUT2D eigenvalue weighted by Gasteiger charge is -2.12. The molecular weight excluding hydrogens is 242 g/mol. The standard InChI is InChI=1S/C11H14BrNO/c1-7-5-9(11(14)13(3)4)6-8(2)10(7)12/h5-6H,1-4H3. The number of hydrogen-bond acceptors (Lipinski definition) is 1. The highest BCUT2D eigenvalue weighted by molar-refractivity contribution is 9.10. The third-order valence-electron chi connectivity index (χ3n) is 2.09. The van der Waals surface area contributed by atoms with Crippen molar-refractivity contribution in [3.8, 4) is 0 Å². The molecule has 0 atom stereocenters. The van der Waals surface area contributed by atoms with Gasteiger partial charge in [0.2, 0.25) is 0 Å². The SMILES string of the molecule is Cc1cc(C(=O)N(C)C)cc(C)c1Br. The van der Waals surface area contributed by atoms with Crippen LogP contribution in [0.25, 0.3) is 0 Å². The van der Waals surface area contributed by atoms with E-state index in [2.05, 4.69) is 15.9 Å². The zero-order chi connectivity index (χ0) is 10.9. The van der Waals surface area contributed by atoms with Crippen molar-refractivity contribution in [1.29, 1.82) is 0 Å². The largest absolute Gasteiger partial charge is 0.345 e. The average Bonchev–Trinajstić information content (AvgIpc) is 2.12. The molecule has 0 heterocycles. The molecule has 1 amide bonds. The Balaban J connectivity index is 3.19. The van der Waals surface area contributed by atoms with Crippen LogP contribution in [0, 0.1) is 13.8 Å². The van der Waals surface area contributed by atoms with Gasteiger partial charge in [-0.2, -0.15) is 0 Å². The summed E-state index contributed by atoms with van der Waals surface area (Å²) in [5.41, 5.74) is 2.93. The van der Waals surface area contributed by atoms with E-state index in [1.165, 1.54) is 0 Å². The van der Waals surface area contributed by atoms with E-state index in [1.54, 1.807) is 19.0 Å². The van der Waals surface area contributed by atoms with Crippen molar-refractivity contribution in [3.05, 3.63) is 33.3 Å². The van der Waals surface area contributed by atoms with Gasteiger partial charge in [0.1, 0.15) is 0 Å². The van der Waals surface area contributed by atoms with E-state index in [0.717, 1.165) is 21.2 Å². The molecule has 3 heteroatoms. The van der Waals surface area contributed by atoms with Crippen LogP contribution in [-0.4, -0.2) is 24.9 Å². The van der Waals surface area contributed by atoms with E-state index in [-0.39, 0.29) is 5.91 Å². The minimum Gasteiger partial charge on any atom is -0.345 e. The van der Waals surface area contributed by atoms with Crippen LogP contribution in [0.15, 0.2) is 16.6 Å². The molecule has 0 aromatic heterocycles. The first-order valence-corrected chi connectivity index (χ1v) is 5.21. The Morgan fingerprint density at radius 1 is 1.21 bits per heavy atom. The number of halogens is 1. The quantitative estimate of drug-likeness (QED) is 0.756. The molecule has 0 saturated heterocycles. The first-order valence-electron chi connectivity index (χ1n) is 4.42. The number of benzene rings is 1. The van der Waals surface area contributed by atoms with Gasteiger partial charge in [-0.1, -0.05) is 15.9 Å². The summed E-state index contributed by atoms with van der Waals surface area (Å²) >= 11 is 3.47. The van der Waals surface area contributed by atoms with Crippen LogP contribution in [-0.2, 0) is 0 Å². The molecule has 0 unspecified atom stereocenters. The van der Waals surface area contributed by atoms with Crippen LogP contribution in [0.3, 0.4) is 0 Å². The van der Waals surface area contributed by atoms with E-state index in [1.807, 2.05) is 26.0 Å². The fourth-order valence-electron chi connectivity index (χ4n) is 1.33. The highest BCUT2D eigenvalue weighted by Crippen LogP contribution is 2.22. The molecule has 1 rings (SSSR count). The Kier molecular flexibility index (Phi) is 3.32. The number of rotatable bonds is 1. The first-order chi connectivity index (χ1) is 6.43. The minimum absolute atomic E-state index is 0.0451. The van der Waals surface area contributed by atoms with Crippen molar-refractivity contribution >= 4 is 21.8 Å². The summed E-state index contributed by atoms with van der Waals surface area (Å²) in [6.07, 6.45) is 0. The summed E-state index contributed by atoms with van der Waals surface area (Å²) in [6, 6.07) is 3.80. The lowest BCUT2D eigenvalue weighted by Crippen LogP contribution is -2.21. The van der Waals surface area contributed by atoms with Crippen molar-refractivity contribution in [2.75, 3.05) is 14.1 Å². The second-order valence-electron chi connectivity index (χ2n) is 3.62. The lowest BCUT2D eigenvalue weighted by molar-refractivity contribution is 0.0827. The first kappa shape index (κ1) is 11.2. The lowest BCUT2D eigenvalue weighted by atomic mass is 10.1. The monoisotopic (exact) mass is 255 g/mol. The third kappa shape index (κ3) is 2.15. The Morgan fingerprint density at radius 2 is 1.64 bits per heavy atom. The van der Waals surface area contributed by atoms with Crippen molar-refractivity contribution in [2.45, 2.75) is 13.8 Å². The van der Waals surface area contributed by atoms with Crippen molar-refractivity contribution in [2.24, 2.45) is 0 Å². The summed E-state index contributed by atoms with van der Waals surface area (Å²) in [4.78, 5) is 13.3. The van der Waals surface area contributed by atoms with E-state index >= 15 is 0 Å². The van der Waals surface area contributed by atoms with Gasteiger partial charge in [-0.15, -0.1) is 0 Å². The number of amides is 1. The average molecular weight is 256 g/mol. The van der Waals surface area contributed by atoms with Gasteiger partial charge in [0.05, 0.1) is 0 Å². The van der Waals surface area contributed by atoms with Crippen LogP contribution in [0.2, 0.25) is 0 Å². The number of carbonyl (C=O) groups is 1. The molecule has 0 fully saturated rings. The zero-order valence-electron chi connectivity index (χ0n) is 8.89. The second kappa shape index (κ2) is 4.13. The highest BCUT2D eigenvalue weighted by Gasteiger charge is 2.10. The van der Waals surface area contributed by atoms with E-state index < -0.39 is 0 Å². The molecule has 0 aliphatic rings. The molecule has 2 nitrogen and oxygen atoms in total. The Labute approximate surface area is 93.0 Å². The van der Waals surface area contributed by atoms with Gasteiger partial charge < -0.3 is 4.90 Å². The molecular formula is C11H14BrNO. The smallest absolute Gasteiger partial charge is 0.253 e. The van der Waals surface area contributed by atoms with Crippen LogP contribution >= 0.6 is 15.9 Å². The molecule has 1 aromatic rings. The zero-order valence-corrected chi connectivity index (χ0v) is 10.5. The summed E-state index contributed by atoms with van der Waals surface area (Å²) in [5.74, 6) is 0.0451. The third-order valence-corrected chi connectivity index (χ3v) is 3.34. The Bertz CT molecular complexity index is 349. The van der Waals surface area contributed by atoms with Crippen LogP contribution < -0.4 is 0 Å².